The SMILES string of the molecule is O=C1CCC(=O)N1C1CCC(Nc2ccc([N+](=O)[O-])cc2[N+](=O)[O-])CC1. The van der Waals surface area contributed by atoms with Crippen LogP contribution < -0.4 is 5.32 Å². The molecule has 1 aliphatic carbocycles. The van der Waals surface area contributed by atoms with E-state index in [4.69, 9.17) is 0 Å². The molecule has 10 nitrogen and oxygen atoms in total. The molecular weight excluding hydrogens is 344 g/mol. The Morgan fingerprint density at radius 2 is 1.58 bits per heavy atom. The second-order valence-electron chi connectivity index (χ2n) is 6.52. The summed E-state index contributed by atoms with van der Waals surface area (Å²) in [7, 11) is 0. The minimum absolute atomic E-state index is 0.0563. The molecule has 138 valence electrons. The smallest absolute Gasteiger partial charge is 0.299 e. The van der Waals surface area contributed by atoms with Gasteiger partial charge in [0.25, 0.3) is 11.4 Å². The maximum absolute atomic E-state index is 11.8. The minimum Gasteiger partial charge on any atom is -0.377 e. The minimum atomic E-state index is -0.675. The number of anilines is 1. The van der Waals surface area contributed by atoms with Crippen LogP contribution >= 0.6 is 0 Å². The van der Waals surface area contributed by atoms with Crippen LogP contribution in [0, 0.1) is 20.2 Å². The molecule has 10 heteroatoms. The van der Waals surface area contributed by atoms with Gasteiger partial charge in [-0.3, -0.25) is 34.7 Å². The molecule has 1 aliphatic heterocycles. The highest BCUT2D eigenvalue weighted by Gasteiger charge is 2.37. The van der Waals surface area contributed by atoms with Gasteiger partial charge in [0.1, 0.15) is 5.69 Å². The van der Waals surface area contributed by atoms with Gasteiger partial charge in [-0.25, -0.2) is 0 Å². The average molecular weight is 362 g/mol. The van der Waals surface area contributed by atoms with Crippen molar-refractivity contribution in [3.05, 3.63) is 38.4 Å². The molecule has 1 aromatic carbocycles. The second kappa shape index (κ2) is 7.06. The maximum Gasteiger partial charge on any atom is 0.299 e. The van der Waals surface area contributed by atoms with Crippen LogP contribution in [-0.4, -0.2) is 38.6 Å². The van der Waals surface area contributed by atoms with Gasteiger partial charge in [-0.1, -0.05) is 0 Å². The van der Waals surface area contributed by atoms with Gasteiger partial charge in [0.15, 0.2) is 0 Å². The van der Waals surface area contributed by atoms with Crippen LogP contribution in [0.2, 0.25) is 0 Å². The molecule has 26 heavy (non-hydrogen) atoms. The monoisotopic (exact) mass is 362 g/mol. The fourth-order valence-corrected chi connectivity index (χ4v) is 3.61. The number of rotatable bonds is 5. The Kier molecular flexibility index (Phi) is 4.83. The number of nitro benzene ring substituents is 2. The van der Waals surface area contributed by atoms with Gasteiger partial charge in [-0.15, -0.1) is 0 Å². The first kappa shape index (κ1) is 17.8. The van der Waals surface area contributed by atoms with Crippen LogP contribution in [0.25, 0.3) is 0 Å². The fraction of sp³-hybridized carbons (Fsp3) is 0.500. The third-order valence-corrected chi connectivity index (χ3v) is 4.90. The summed E-state index contributed by atoms with van der Waals surface area (Å²) in [5.74, 6) is -0.255. The molecule has 2 aliphatic rings. The largest absolute Gasteiger partial charge is 0.377 e. The Morgan fingerprint density at radius 1 is 0.962 bits per heavy atom. The summed E-state index contributed by atoms with van der Waals surface area (Å²) in [6.07, 6.45) is 3.11. The van der Waals surface area contributed by atoms with E-state index in [0.717, 1.165) is 6.07 Å². The molecule has 0 spiro atoms. The van der Waals surface area contributed by atoms with Gasteiger partial charge in [-0.2, -0.15) is 0 Å². The van der Waals surface area contributed by atoms with Gasteiger partial charge < -0.3 is 5.32 Å². The number of carbonyl (C=O) groups is 2. The predicted octanol–water partition coefficient (Wildman–Crippen LogP) is 2.38. The highest BCUT2D eigenvalue weighted by atomic mass is 16.6. The average Bonchev–Trinajstić information content (AvgIpc) is 2.94. The van der Waals surface area contributed by atoms with E-state index < -0.39 is 9.85 Å². The summed E-state index contributed by atoms with van der Waals surface area (Å²) in [5, 5.41) is 25.1. The van der Waals surface area contributed by atoms with Crippen molar-refractivity contribution in [1.29, 1.82) is 0 Å². The standard InChI is InChI=1S/C16H18N4O6/c21-15-7-8-16(22)18(15)11-3-1-10(2-4-11)17-13-6-5-12(19(23)24)9-14(13)20(25)26/h5-6,9-11,17H,1-4,7-8H2. The molecule has 0 aromatic heterocycles. The van der Waals surface area contributed by atoms with Gasteiger partial charge in [0.2, 0.25) is 11.8 Å². The predicted molar refractivity (Wildman–Crippen MR) is 90.5 cm³/mol. The lowest BCUT2D eigenvalue weighted by Crippen LogP contribution is -2.43. The first-order chi connectivity index (χ1) is 12.4. The number of benzene rings is 1. The number of likely N-dealkylation sites (tertiary alicyclic amines) is 1. The van der Waals surface area contributed by atoms with Crippen LogP contribution in [0.5, 0.6) is 0 Å². The van der Waals surface area contributed by atoms with Crippen molar-refractivity contribution in [2.75, 3.05) is 5.32 Å². The molecular formula is C16H18N4O6. The molecule has 3 rings (SSSR count). The summed E-state index contributed by atoms with van der Waals surface area (Å²) >= 11 is 0. The van der Waals surface area contributed by atoms with E-state index >= 15 is 0 Å². The van der Waals surface area contributed by atoms with E-state index in [-0.39, 0.29) is 53.8 Å². The summed E-state index contributed by atoms with van der Waals surface area (Å²) in [6.45, 7) is 0. The number of amides is 2. The molecule has 1 N–H and O–H groups in total. The number of nitrogens with zero attached hydrogens (tertiary/aromatic N) is 3. The zero-order valence-corrected chi connectivity index (χ0v) is 13.9. The zero-order valence-electron chi connectivity index (χ0n) is 13.9. The Hall–Kier alpha value is -3.04. The van der Waals surface area contributed by atoms with Gasteiger partial charge >= 0.3 is 0 Å². The second-order valence-corrected chi connectivity index (χ2v) is 6.52. The number of hydrogen-bond donors (Lipinski definition) is 1. The molecule has 2 amide bonds. The summed E-state index contributed by atoms with van der Waals surface area (Å²) in [4.78, 5) is 45.7. The number of nitro groups is 2. The van der Waals surface area contributed by atoms with Crippen LogP contribution in [-0.2, 0) is 9.59 Å². The van der Waals surface area contributed by atoms with Crippen molar-refractivity contribution < 1.29 is 19.4 Å². The Bertz CT molecular complexity index is 756. The van der Waals surface area contributed by atoms with E-state index in [9.17, 15) is 29.8 Å². The first-order valence-electron chi connectivity index (χ1n) is 8.41. The van der Waals surface area contributed by atoms with Crippen LogP contribution in [0.4, 0.5) is 17.1 Å². The quantitative estimate of drug-likeness (QED) is 0.482. The molecule has 2 fully saturated rings. The van der Waals surface area contributed by atoms with Gasteiger partial charge in [-0.05, 0) is 31.7 Å². The van der Waals surface area contributed by atoms with Crippen LogP contribution in [0.15, 0.2) is 18.2 Å². The van der Waals surface area contributed by atoms with E-state index in [1.165, 1.54) is 17.0 Å². The lowest BCUT2D eigenvalue weighted by atomic mass is 9.90. The number of non-ortho nitro benzene ring substituents is 1. The molecule has 1 saturated heterocycles. The van der Waals surface area contributed by atoms with Crippen molar-refractivity contribution in [1.82, 2.24) is 4.90 Å². The van der Waals surface area contributed by atoms with Crippen LogP contribution in [0.1, 0.15) is 38.5 Å². The van der Waals surface area contributed by atoms with E-state index in [2.05, 4.69) is 5.32 Å². The Balaban J connectivity index is 1.66. The molecule has 1 aromatic rings. The van der Waals surface area contributed by atoms with Crippen molar-refractivity contribution >= 4 is 28.9 Å². The fourth-order valence-electron chi connectivity index (χ4n) is 3.61. The highest BCUT2D eigenvalue weighted by Crippen LogP contribution is 2.33. The molecule has 1 saturated carbocycles. The third kappa shape index (κ3) is 3.48. The topological polar surface area (TPSA) is 136 Å². The number of imide groups is 1. The van der Waals surface area contributed by atoms with Crippen LogP contribution in [0.3, 0.4) is 0 Å². The lowest BCUT2D eigenvalue weighted by Gasteiger charge is -2.34. The Labute approximate surface area is 148 Å². The van der Waals surface area contributed by atoms with E-state index in [1.54, 1.807) is 0 Å². The zero-order chi connectivity index (χ0) is 18.8. The Morgan fingerprint density at radius 3 is 2.12 bits per heavy atom. The van der Waals surface area contributed by atoms with Crippen molar-refractivity contribution in [2.24, 2.45) is 0 Å². The molecule has 1 heterocycles. The summed E-state index contributed by atoms with van der Waals surface area (Å²) in [5.41, 5.74) is -0.444. The molecule has 0 unspecified atom stereocenters. The van der Waals surface area contributed by atoms with E-state index in [1.807, 2.05) is 0 Å². The normalized spacial score (nSPS) is 23.2. The van der Waals surface area contributed by atoms with Gasteiger partial charge in [0, 0.05) is 31.0 Å². The summed E-state index contributed by atoms with van der Waals surface area (Å²) in [6, 6.07) is 3.34. The van der Waals surface area contributed by atoms with Crippen molar-refractivity contribution in [3.63, 3.8) is 0 Å². The lowest BCUT2D eigenvalue weighted by molar-refractivity contribution is -0.393. The molecule has 0 atom stereocenters. The third-order valence-electron chi connectivity index (χ3n) is 4.90. The maximum atomic E-state index is 11.8. The van der Waals surface area contributed by atoms with E-state index in [0.29, 0.717) is 25.7 Å². The highest BCUT2D eigenvalue weighted by molar-refractivity contribution is 6.02. The molecule has 0 radical (unpaired) electrons. The first-order valence-corrected chi connectivity index (χ1v) is 8.41. The number of nitrogens with one attached hydrogen (secondary N) is 1. The van der Waals surface area contributed by atoms with Crippen molar-refractivity contribution in [2.45, 2.75) is 50.6 Å². The van der Waals surface area contributed by atoms with Gasteiger partial charge in [0.05, 0.1) is 15.9 Å². The number of hydrogen-bond acceptors (Lipinski definition) is 7. The van der Waals surface area contributed by atoms with Crippen molar-refractivity contribution in [3.8, 4) is 0 Å². The molecule has 0 bridgehead atoms. The number of carbonyl (C=O) groups excluding carboxylic acids is 2. The summed E-state index contributed by atoms with van der Waals surface area (Å²) < 4.78 is 0.